The Morgan fingerprint density at radius 2 is 2.18 bits per heavy atom. The van der Waals surface area contributed by atoms with E-state index in [9.17, 15) is 8.42 Å². The van der Waals surface area contributed by atoms with Crippen LogP contribution in [-0.4, -0.2) is 27.4 Å². The van der Waals surface area contributed by atoms with E-state index in [1.165, 1.54) is 0 Å². The van der Waals surface area contributed by atoms with Crippen LogP contribution in [0.25, 0.3) is 0 Å². The quantitative estimate of drug-likeness (QED) is 0.889. The summed E-state index contributed by atoms with van der Waals surface area (Å²) in [5, 5.41) is 2.59. The first-order chi connectivity index (χ1) is 8.05. The maximum atomic E-state index is 12.3. The molecule has 1 saturated heterocycles. The molecular weight excluding hydrogens is 238 g/mol. The van der Waals surface area contributed by atoms with Gasteiger partial charge in [0.2, 0.25) is 0 Å². The fourth-order valence-corrected chi connectivity index (χ4v) is 3.85. The molecule has 94 valence electrons. The molecule has 0 amide bonds. The number of aryl methyl sites for hydroxylation is 1. The molecule has 0 bridgehead atoms. The van der Waals surface area contributed by atoms with Gasteiger partial charge in [-0.2, -0.15) is 0 Å². The second kappa shape index (κ2) is 4.66. The number of ether oxygens (including phenoxy) is 1. The van der Waals surface area contributed by atoms with Crippen LogP contribution in [0.3, 0.4) is 0 Å². The molecule has 1 aliphatic heterocycles. The molecule has 4 nitrogen and oxygen atoms in total. The summed E-state index contributed by atoms with van der Waals surface area (Å²) in [7, 11) is -1.67. The normalized spacial score (nSPS) is 20.5. The molecular formula is C12H17NO3S. The minimum absolute atomic E-state index is 0.371. The number of methoxy groups -OCH3 is 1. The number of rotatable bonds is 3. The van der Waals surface area contributed by atoms with Gasteiger partial charge >= 0.3 is 0 Å². The summed E-state index contributed by atoms with van der Waals surface area (Å²) in [6, 6.07) is 4.99. The standard InChI is InChI=1S/C12H17NO3S/c1-9-8-10(5-6-11(9)16-2)17(14,15)12-4-3-7-13-12/h5-6,8,12-13H,3-4,7H2,1-2H3. The third-order valence-electron chi connectivity index (χ3n) is 3.08. The van der Waals surface area contributed by atoms with Crippen LogP contribution in [-0.2, 0) is 9.84 Å². The van der Waals surface area contributed by atoms with E-state index in [4.69, 9.17) is 4.74 Å². The highest BCUT2D eigenvalue weighted by molar-refractivity contribution is 7.92. The van der Waals surface area contributed by atoms with Gasteiger partial charge in [0.05, 0.1) is 12.0 Å². The lowest BCUT2D eigenvalue weighted by atomic mass is 10.2. The van der Waals surface area contributed by atoms with Crippen LogP contribution in [0, 0.1) is 6.92 Å². The summed E-state index contributed by atoms with van der Waals surface area (Å²) < 4.78 is 29.7. The zero-order valence-corrected chi connectivity index (χ0v) is 10.9. The van der Waals surface area contributed by atoms with Gasteiger partial charge in [0.1, 0.15) is 11.1 Å². The highest BCUT2D eigenvalue weighted by Crippen LogP contribution is 2.25. The van der Waals surface area contributed by atoms with E-state index in [1.807, 2.05) is 6.92 Å². The Morgan fingerprint density at radius 3 is 2.71 bits per heavy atom. The van der Waals surface area contributed by atoms with Crippen LogP contribution >= 0.6 is 0 Å². The van der Waals surface area contributed by atoms with Crippen LogP contribution in [0.5, 0.6) is 5.75 Å². The lowest BCUT2D eigenvalue weighted by Gasteiger charge is -2.13. The van der Waals surface area contributed by atoms with Crippen LogP contribution in [0.2, 0.25) is 0 Å². The van der Waals surface area contributed by atoms with Crippen molar-refractivity contribution in [3.05, 3.63) is 23.8 Å². The van der Waals surface area contributed by atoms with Crippen molar-refractivity contribution in [3.63, 3.8) is 0 Å². The highest BCUT2D eigenvalue weighted by atomic mass is 32.2. The van der Waals surface area contributed by atoms with Crippen molar-refractivity contribution >= 4 is 9.84 Å². The van der Waals surface area contributed by atoms with E-state index in [1.54, 1.807) is 25.3 Å². The number of hydrogen-bond donors (Lipinski definition) is 1. The molecule has 1 heterocycles. The van der Waals surface area contributed by atoms with Gasteiger partial charge in [-0.1, -0.05) is 0 Å². The van der Waals surface area contributed by atoms with Crippen molar-refractivity contribution in [1.82, 2.24) is 5.32 Å². The molecule has 1 unspecified atom stereocenters. The van der Waals surface area contributed by atoms with Gasteiger partial charge in [0, 0.05) is 0 Å². The first kappa shape index (κ1) is 12.4. The Balaban J connectivity index is 2.36. The highest BCUT2D eigenvalue weighted by Gasteiger charge is 2.30. The molecule has 1 N–H and O–H groups in total. The Hall–Kier alpha value is -1.07. The monoisotopic (exact) mass is 255 g/mol. The Kier molecular flexibility index (Phi) is 3.40. The van der Waals surface area contributed by atoms with Gasteiger partial charge < -0.3 is 10.1 Å². The molecule has 0 aliphatic carbocycles. The van der Waals surface area contributed by atoms with E-state index in [0.29, 0.717) is 17.1 Å². The fourth-order valence-electron chi connectivity index (χ4n) is 2.11. The molecule has 2 rings (SSSR count). The summed E-state index contributed by atoms with van der Waals surface area (Å²) in [6.07, 6.45) is 1.60. The van der Waals surface area contributed by atoms with E-state index in [2.05, 4.69) is 5.32 Å². The second-order valence-electron chi connectivity index (χ2n) is 4.26. The van der Waals surface area contributed by atoms with Crippen molar-refractivity contribution in [2.75, 3.05) is 13.7 Å². The van der Waals surface area contributed by atoms with Gasteiger partial charge in [-0.15, -0.1) is 0 Å². The minimum Gasteiger partial charge on any atom is -0.496 e. The topological polar surface area (TPSA) is 55.4 Å². The Morgan fingerprint density at radius 1 is 1.41 bits per heavy atom. The summed E-state index contributed by atoms with van der Waals surface area (Å²) in [6.45, 7) is 2.62. The third kappa shape index (κ3) is 2.30. The van der Waals surface area contributed by atoms with Crippen molar-refractivity contribution in [1.29, 1.82) is 0 Å². The number of nitrogens with one attached hydrogen (secondary N) is 1. The van der Waals surface area contributed by atoms with Crippen LogP contribution in [0.1, 0.15) is 18.4 Å². The molecule has 1 atom stereocenters. The smallest absolute Gasteiger partial charge is 0.194 e. The molecule has 0 spiro atoms. The molecule has 0 radical (unpaired) electrons. The molecule has 1 aromatic carbocycles. The fraction of sp³-hybridized carbons (Fsp3) is 0.500. The minimum atomic E-state index is -3.25. The first-order valence-electron chi connectivity index (χ1n) is 5.67. The largest absolute Gasteiger partial charge is 0.496 e. The zero-order chi connectivity index (χ0) is 12.5. The summed E-state index contributed by atoms with van der Waals surface area (Å²) in [4.78, 5) is 0.371. The average molecular weight is 255 g/mol. The lowest BCUT2D eigenvalue weighted by Crippen LogP contribution is -2.30. The van der Waals surface area contributed by atoms with Gasteiger partial charge in [0.15, 0.2) is 9.84 Å². The van der Waals surface area contributed by atoms with Gasteiger partial charge in [-0.3, -0.25) is 0 Å². The molecule has 1 fully saturated rings. The first-order valence-corrected chi connectivity index (χ1v) is 7.22. The van der Waals surface area contributed by atoms with Crippen LogP contribution in [0.4, 0.5) is 0 Å². The molecule has 1 aliphatic rings. The van der Waals surface area contributed by atoms with E-state index in [0.717, 1.165) is 18.5 Å². The second-order valence-corrected chi connectivity index (χ2v) is 6.39. The SMILES string of the molecule is COc1ccc(S(=O)(=O)C2CCCN2)cc1C. The summed E-state index contributed by atoms with van der Waals surface area (Å²) >= 11 is 0. The maximum absolute atomic E-state index is 12.3. The van der Waals surface area contributed by atoms with Gasteiger partial charge in [0.25, 0.3) is 0 Å². The number of benzene rings is 1. The van der Waals surface area contributed by atoms with Crippen molar-refractivity contribution < 1.29 is 13.2 Å². The molecule has 5 heteroatoms. The third-order valence-corrected chi connectivity index (χ3v) is 5.15. The maximum Gasteiger partial charge on any atom is 0.194 e. The zero-order valence-electron chi connectivity index (χ0n) is 10.1. The van der Waals surface area contributed by atoms with Crippen molar-refractivity contribution in [3.8, 4) is 5.75 Å². The summed E-state index contributed by atoms with van der Waals surface area (Å²) in [5.41, 5.74) is 0.839. The number of hydrogen-bond acceptors (Lipinski definition) is 4. The molecule has 1 aromatic rings. The van der Waals surface area contributed by atoms with Gasteiger partial charge in [-0.05, 0) is 50.1 Å². The van der Waals surface area contributed by atoms with Crippen molar-refractivity contribution in [2.24, 2.45) is 0 Å². The molecule has 0 saturated carbocycles. The predicted molar refractivity (Wildman–Crippen MR) is 65.9 cm³/mol. The predicted octanol–water partition coefficient (Wildman–Crippen LogP) is 1.49. The van der Waals surface area contributed by atoms with E-state index in [-0.39, 0.29) is 0 Å². The average Bonchev–Trinajstić information content (AvgIpc) is 2.83. The van der Waals surface area contributed by atoms with E-state index < -0.39 is 15.2 Å². The van der Waals surface area contributed by atoms with Crippen LogP contribution < -0.4 is 10.1 Å². The number of sulfone groups is 1. The summed E-state index contributed by atoms with van der Waals surface area (Å²) in [5.74, 6) is 0.711. The molecule has 17 heavy (non-hydrogen) atoms. The lowest BCUT2D eigenvalue weighted by molar-refractivity contribution is 0.411. The van der Waals surface area contributed by atoms with Gasteiger partial charge in [-0.25, -0.2) is 8.42 Å². The van der Waals surface area contributed by atoms with E-state index >= 15 is 0 Å². The van der Waals surface area contributed by atoms with Crippen molar-refractivity contribution in [2.45, 2.75) is 30.0 Å². The Bertz CT molecular complexity index is 504. The molecule has 0 aromatic heterocycles. The Labute approximate surface area is 102 Å². The van der Waals surface area contributed by atoms with Crippen LogP contribution in [0.15, 0.2) is 23.1 Å².